The predicted molar refractivity (Wildman–Crippen MR) is 80.3 cm³/mol. The van der Waals surface area contributed by atoms with Crippen LogP contribution in [0.5, 0.6) is 0 Å². The van der Waals surface area contributed by atoms with Crippen molar-refractivity contribution in [2.24, 2.45) is 0 Å². The van der Waals surface area contributed by atoms with Crippen molar-refractivity contribution in [1.29, 1.82) is 0 Å². The summed E-state index contributed by atoms with van der Waals surface area (Å²) in [7, 11) is 0. The maximum Gasteiger partial charge on any atom is 0.304 e. The Kier molecular flexibility index (Phi) is 3.73. The van der Waals surface area contributed by atoms with Crippen LogP contribution in [0.1, 0.15) is 24.8 Å². The molecule has 0 radical (unpaired) electrons. The van der Waals surface area contributed by atoms with Crippen LogP contribution in [0.25, 0.3) is 0 Å². The highest BCUT2D eigenvalue weighted by Crippen LogP contribution is 2.54. The summed E-state index contributed by atoms with van der Waals surface area (Å²) in [5.41, 5.74) is 2.19. The van der Waals surface area contributed by atoms with Crippen molar-refractivity contribution >= 4 is 27.6 Å². The zero-order valence-electron chi connectivity index (χ0n) is 11.3. The number of hydrogen-bond donors (Lipinski definition) is 1. The molecule has 0 bridgehead atoms. The van der Waals surface area contributed by atoms with Gasteiger partial charge in [0.2, 0.25) is 0 Å². The molecule has 1 heterocycles. The summed E-state index contributed by atoms with van der Waals surface area (Å²) in [5.74, 6) is -0.713. The minimum Gasteiger partial charge on any atom is -0.481 e. The molecule has 1 saturated carbocycles. The minimum absolute atomic E-state index is 0.163. The summed E-state index contributed by atoms with van der Waals surface area (Å²) >= 11 is 3.52. The Morgan fingerprint density at radius 1 is 1.35 bits per heavy atom. The molecular weight excluding hydrogens is 322 g/mol. The van der Waals surface area contributed by atoms with Crippen molar-refractivity contribution < 1.29 is 14.6 Å². The van der Waals surface area contributed by atoms with Crippen LogP contribution in [0.2, 0.25) is 0 Å². The summed E-state index contributed by atoms with van der Waals surface area (Å²) in [6.07, 6.45) is 2.15. The normalized spacial score (nSPS) is 20.8. The molecule has 108 valence electrons. The lowest BCUT2D eigenvalue weighted by Crippen LogP contribution is -2.37. The van der Waals surface area contributed by atoms with Gasteiger partial charge in [0, 0.05) is 28.7 Å². The molecule has 1 N–H and O–H groups in total. The second kappa shape index (κ2) is 5.37. The molecule has 1 aliphatic heterocycles. The highest BCUT2D eigenvalue weighted by atomic mass is 79.9. The van der Waals surface area contributed by atoms with Crippen LogP contribution < -0.4 is 4.90 Å². The van der Waals surface area contributed by atoms with E-state index in [1.165, 1.54) is 11.3 Å². The van der Waals surface area contributed by atoms with Gasteiger partial charge in [-0.05, 0) is 36.6 Å². The van der Waals surface area contributed by atoms with Crippen LogP contribution in [0, 0.1) is 0 Å². The van der Waals surface area contributed by atoms with Gasteiger partial charge >= 0.3 is 5.97 Å². The molecule has 20 heavy (non-hydrogen) atoms. The number of aliphatic carboxylic acids is 1. The monoisotopic (exact) mass is 339 g/mol. The van der Waals surface area contributed by atoms with Gasteiger partial charge in [-0.2, -0.15) is 0 Å². The Hall–Kier alpha value is -1.07. The van der Waals surface area contributed by atoms with Crippen LogP contribution in [-0.4, -0.2) is 37.4 Å². The predicted octanol–water partition coefficient (Wildman–Crippen LogP) is 2.79. The standard InChI is InChI=1S/C15H18BrNO3/c16-11-1-2-13(17-5-7-20-8-6-17)12(9-11)15(3-4-15)10-14(18)19/h1-2,9H,3-8,10H2,(H,18,19). The van der Waals surface area contributed by atoms with E-state index in [1.54, 1.807) is 0 Å². The van der Waals surface area contributed by atoms with E-state index in [1.807, 2.05) is 6.07 Å². The first-order valence-electron chi connectivity index (χ1n) is 6.95. The topological polar surface area (TPSA) is 49.8 Å². The average molecular weight is 340 g/mol. The first-order valence-corrected chi connectivity index (χ1v) is 7.75. The van der Waals surface area contributed by atoms with Crippen LogP contribution in [0.3, 0.4) is 0 Å². The van der Waals surface area contributed by atoms with Crippen molar-refractivity contribution in [1.82, 2.24) is 0 Å². The van der Waals surface area contributed by atoms with Crippen molar-refractivity contribution in [2.75, 3.05) is 31.2 Å². The molecule has 1 aromatic carbocycles. The molecule has 1 aromatic rings. The van der Waals surface area contributed by atoms with Gasteiger partial charge in [0.15, 0.2) is 0 Å². The first-order chi connectivity index (χ1) is 9.61. The fraction of sp³-hybridized carbons (Fsp3) is 0.533. The van der Waals surface area contributed by atoms with E-state index < -0.39 is 5.97 Å². The summed E-state index contributed by atoms with van der Waals surface area (Å²) in [6, 6.07) is 6.23. The van der Waals surface area contributed by atoms with Gasteiger partial charge < -0.3 is 14.7 Å². The molecule has 2 fully saturated rings. The summed E-state index contributed by atoms with van der Waals surface area (Å²) in [5, 5.41) is 9.18. The lowest BCUT2D eigenvalue weighted by molar-refractivity contribution is -0.137. The van der Waals surface area contributed by atoms with Crippen LogP contribution in [0.4, 0.5) is 5.69 Å². The quantitative estimate of drug-likeness (QED) is 0.916. The van der Waals surface area contributed by atoms with E-state index in [0.717, 1.165) is 43.6 Å². The molecule has 3 rings (SSSR count). The number of anilines is 1. The molecule has 5 heteroatoms. The third kappa shape index (κ3) is 2.69. The summed E-state index contributed by atoms with van der Waals surface area (Å²) in [4.78, 5) is 13.5. The number of morpholine rings is 1. The second-order valence-electron chi connectivity index (χ2n) is 5.61. The fourth-order valence-electron chi connectivity index (χ4n) is 2.99. The van der Waals surface area contributed by atoms with Crippen LogP contribution >= 0.6 is 15.9 Å². The zero-order chi connectivity index (χ0) is 14.2. The molecule has 0 amide bonds. The smallest absolute Gasteiger partial charge is 0.304 e. The molecule has 0 aromatic heterocycles. The number of ether oxygens (including phenoxy) is 1. The van der Waals surface area contributed by atoms with E-state index in [9.17, 15) is 9.90 Å². The van der Waals surface area contributed by atoms with Gasteiger partial charge in [-0.25, -0.2) is 0 Å². The number of benzene rings is 1. The van der Waals surface area contributed by atoms with Crippen LogP contribution in [-0.2, 0) is 14.9 Å². The van der Waals surface area contributed by atoms with Crippen molar-refractivity contribution in [3.63, 3.8) is 0 Å². The number of halogens is 1. The summed E-state index contributed by atoms with van der Waals surface area (Å²) in [6.45, 7) is 3.22. The molecule has 0 atom stereocenters. The molecule has 1 aliphatic carbocycles. The van der Waals surface area contributed by atoms with E-state index in [4.69, 9.17) is 4.74 Å². The van der Waals surface area contributed by atoms with Gasteiger partial charge in [0.25, 0.3) is 0 Å². The Balaban J connectivity index is 1.96. The lowest BCUT2D eigenvalue weighted by atomic mass is 9.90. The number of carboxylic acids is 1. The fourth-order valence-corrected chi connectivity index (χ4v) is 3.36. The second-order valence-corrected chi connectivity index (χ2v) is 6.53. The molecule has 0 unspecified atom stereocenters. The molecular formula is C15H18BrNO3. The SMILES string of the molecule is O=C(O)CC1(c2cc(Br)ccc2N2CCOCC2)CC1. The third-order valence-electron chi connectivity index (χ3n) is 4.22. The lowest BCUT2D eigenvalue weighted by Gasteiger charge is -2.32. The Morgan fingerprint density at radius 3 is 2.65 bits per heavy atom. The molecule has 0 spiro atoms. The van der Waals surface area contributed by atoms with E-state index >= 15 is 0 Å². The van der Waals surface area contributed by atoms with Gasteiger partial charge in [-0.15, -0.1) is 0 Å². The van der Waals surface area contributed by atoms with Gasteiger partial charge in [-0.1, -0.05) is 15.9 Å². The molecule has 4 nitrogen and oxygen atoms in total. The third-order valence-corrected chi connectivity index (χ3v) is 4.72. The van der Waals surface area contributed by atoms with Crippen molar-refractivity contribution in [2.45, 2.75) is 24.7 Å². The maximum atomic E-state index is 11.2. The first kappa shape index (κ1) is 13.9. The number of rotatable bonds is 4. The van der Waals surface area contributed by atoms with Crippen molar-refractivity contribution in [3.05, 3.63) is 28.2 Å². The molecule has 2 aliphatic rings. The highest BCUT2D eigenvalue weighted by Gasteiger charge is 2.47. The van der Waals surface area contributed by atoms with E-state index in [-0.39, 0.29) is 11.8 Å². The number of carboxylic acid groups (broad SMARTS) is 1. The van der Waals surface area contributed by atoms with Gasteiger partial charge in [0.1, 0.15) is 0 Å². The van der Waals surface area contributed by atoms with Crippen LogP contribution in [0.15, 0.2) is 22.7 Å². The number of carbonyl (C=O) groups is 1. The zero-order valence-corrected chi connectivity index (χ0v) is 12.9. The highest BCUT2D eigenvalue weighted by molar-refractivity contribution is 9.10. The van der Waals surface area contributed by atoms with Crippen molar-refractivity contribution in [3.8, 4) is 0 Å². The number of nitrogens with zero attached hydrogens (tertiary/aromatic N) is 1. The van der Waals surface area contributed by atoms with Gasteiger partial charge in [-0.3, -0.25) is 4.79 Å². The van der Waals surface area contributed by atoms with Gasteiger partial charge in [0.05, 0.1) is 19.6 Å². The average Bonchev–Trinajstić information content (AvgIpc) is 3.19. The van der Waals surface area contributed by atoms with E-state index in [0.29, 0.717) is 0 Å². The Bertz CT molecular complexity index is 522. The largest absolute Gasteiger partial charge is 0.481 e. The maximum absolute atomic E-state index is 11.2. The molecule has 1 saturated heterocycles. The minimum atomic E-state index is -0.713. The Labute approximate surface area is 126 Å². The van der Waals surface area contributed by atoms with E-state index in [2.05, 4.69) is 33.0 Å². The Morgan fingerprint density at radius 2 is 2.05 bits per heavy atom. The summed E-state index contributed by atoms with van der Waals surface area (Å²) < 4.78 is 6.42. The number of hydrogen-bond acceptors (Lipinski definition) is 3.